The van der Waals surface area contributed by atoms with Gasteiger partial charge < -0.3 is 4.74 Å². The highest BCUT2D eigenvalue weighted by atomic mass is 16.6. The summed E-state index contributed by atoms with van der Waals surface area (Å²) in [6.45, 7) is 0.0965. The number of hydrogen-bond acceptors (Lipinski definition) is 5. The SMILES string of the molecule is O=C(C=Cc1cccc([N+](=O)[O-])c1)N1C(=O)OCC1c1ccccc1. The van der Waals surface area contributed by atoms with Gasteiger partial charge in [-0.25, -0.2) is 9.69 Å². The van der Waals surface area contributed by atoms with Crippen LogP contribution in [0.5, 0.6) is 0 Å². The van der Waals surface area contributed by atoms with Crippen molar-refractivity contribution in [3.05, 3.63) is 81.9 Å². The summed E-state index contributed by atoms with van der Waals surface area (Å²) in [5.41, 5.74) is 1.22. The molecular formula is C18H14N2O5. The Morgan fingerprint density at radius 1 is 1.20 bits per heavy atom. The number of carbonyl (C=O) groups is 2. The summed E-state index contributed by atoms with van der Waals surface area (Å²) in [5, 5.41) is 10.8. The molecule has 0 radical (unpaired) electrons. The first kappa shape index (κ1) is 16.4. The van der Waals surface area contributed by atoms with E-state index in [1.807, 2.05) is 30.3 Å². The molecule has 2 aromatic carbocycles. The highest BCUT2D eigenvalue weighted by Gasteiger charge is 2.37. The second-order valence-corrected chi connectivity index (χ2v) is 5.40. The number of amides is 2. The van der Waals surface area contributed by atoms with Crippen molar-refractivity contribution >= 4 is 23.8 Å². The van der Waals surface area contributed by atoms with Crippen molar-refractivity contribution in [2.45, 2.75) is 6.04 Å². The van der Waals surface area contributed by atoms with E-state index in [-0.39, 0.29) is 12.3 Å². The van der Waals surface area contributed by atoms with Crippen LogP contribution in [0.4, 0.5) is 10.5 Å². The number of benzene rings is 2. The smallest absolute Gasteiger partial charge is 0.417 e. The number of cyclic esters (lactones) is 1. The Bertz CT molecular complexity index is 848. The molecule has 0 saturated carbocycles. The maximum atomic E-state index is 12.4. The predicted octanol–water partition coefficient (Wildman–Crippen LogP) is 3.33. The lowest BCUT2D eigenvalue weighted by atomic mass is 10.1. The van der Waals surface area contributed by atoms with E-state index in [4.69, 9.17) is 4.74 Å². The molecular weight excluding hydrogens is 324 g/mol. The van der Waals surface area contributed by atoms with Gasteiger partial charge in [0.05, 0.1) is 4.92 Å². The minimum atomic E-state index is -0.706. The molecule has 0 aliphatic carbocycles. The average Bonchev–Trinajstić information content (AvgIpc) is 3.02. The van der Waals surface area contributed by atoms with Crippen LogP contribution in [-0.4, -0.2) is 28.4 Å². The summed E-state index contributed by atoms with van der Waals surface area (Å²) in [7, 11) is 0. The third-order valence-electron chi connectivity index (χ3n) is 3.79. The topological polar surface area (TPSA) is 89.8 Å². The van der Waals surface area contributed by atoms with Crippen molar-refractivity contribution in [3.8, 4) is 0 Å². The third kappa shape index (κ3) is 3.55. The van der Waals surface area contributed by atoms with Crippen LogP contribution in [0.3, 0.4) is 0 Å². The zero-order valence-corrected chi connectivity index (χ0v) is 13.1. The Balaban J connectivity index is 1.80. The molecule has 7 heteroatoms. The average molecular weight is 338 g/mol. The molecule has 1 aliphatic heterocycles. The number of rotatable bonds is 4. The lowest BCUT2D eigenvalue weighted by Crippen LogP contribution is -2.32. The van der Waals surface area contributed by atoms with E-state index in [1.165, 1.54) is 30.4 Å². The van der Waals surface area contributed by atoms with Crippen LogP contribution >= 0.6 is 0 Å². The van der Waals surface area contributed by atoms with Gasteiger partial charge in [-0.15, -0.1) is 0 Å². The Morgan fingerprint density at radius 3 is 2.68 bits per heavy atom. The highest BCUT2D eigenvalue weighted by molar-refractivity contribution is 6.02. The van der Waals surface area contributed by atoms with Gasteiger partial charge in [0.2, 0.25) is 0 Å². The molecule has 126 valence electrons. The quantitative estimate of drug-likeness (QED) is 0.484. The molecule has 3 rings (SSSR count). The standard InChI is InChI=1S/C18H14N2O5/c21-17(10-9-13-5-4-8-15(11-13)20(23)24)19-16(12-25-18(19)22)14-6-2-1-3-7-14/h1-11,16H,12H2. The van der Waals surface area contributed by atoms with E-state index < -0.39 is 23.0 Å². The minimum Gasteiger partial charge on any atom is -0.446 e. The van der Waals surface area contributed by atoms with Crippen molar-refractivity contribution in [3.63, 3.8) is 0 Å². The predicted molar refractivity (Wildman–Crippen MR) is 89.5 cm³/mol. The molecule has 2 amide bonds. The Labute approximate surface area is 143 Å². The molecule has 25 heavy (non-hydrogen) atoms. The van der Waals surface area contributed by atoms with Gasteiger partial charge in [0, 0.05) is 18.2 Å². The van der Waals surface area contributed by atoms with E-state index >= 15 is 0 Å². The lowest BCUT2D eigenvalue weighted by molar-refractivity contribution is -0.384. The second kappa shape index (κ2) is 6.96. The summed E-state index contributed by atoms with van der Waals surface area (Å²) < 4.78 is 5.00. The van der Waals surface area contributed by atoms with E-state index in [1.54, 1.807) is 6.07 Å². The van der Waals surface area contributed by atoms with E-state index in [2.05, 4.69) is 0 Å². The van der Waals surface area contributed by atoms with Gasteiger partial charge in [0.15, 0.2) is 0 Å². The minimum absolute atomic E-state index is 0.0719. The van der Waals surface area contributed by atoms with Gasteiger partial charge in [0.1, 0.15) is 12.6 Å². The zero-order chi connectivity index (χ0) is 17.8. The number of nitrogens with zero attached hydrogens (tertiary/aromatic N) is 2. The third-order valence-corrected chi connectivity index (χ3v) is 3.79. The van der Waals surface area contributed by atoms with Crippen LogP contribution in [0, 0.1) is 10.1 Å². The molecule has 0 N–H and O–H groups in total. The number of ether oxygens (including phenoxy) is 1. The number of nitro benzene ring substituents is 1. The van der Waals surface area contributed by atoms with Crippen LogP contribution in [-0.2, 0) is 9.53 Å². The maximum Gasteiger partial charge on any atom is 0.417 e. The molecule has 0 aromatic heterocycles. The molecule has 1 atom stereocenters. The van der Waals surface area contributed by atoms with Crippen molar-refractivity contribution in [2.24, 2.45) is 0 Å². The summed E-state index contributed by atoms with van der Waals surface area (Å²) >= 11 is 0. The van der Waals surface area contributed by atoms with Gasteiger partial charge in [-0.1, -0.05) is 42.5 Å². The first-order chi connectivity index (χ1) is 12.1. The number of non-ortho nitro benzene ring substituents is 1. The van der Waals surface area contributed by atoms with Crippen LogP contribution < -0.4 is 0 Å². The summed E-state index contributed by atoms with van der Waals surface area (Å²) in [6, 6.07) is 14.5. The van der Waals surface area contributed by atoms with Crippen LogP contribution in [0.2, 0.25) is 0 Å². The monoisotopic (exact) mass is 338 g/mol. The Kier molecular flexibility index (Phi) is 4.56. The van der Waals surface area contributed by atoms with Gasteiger partial charge >= 0.3 is 6.09 Å². The summed E-state index contributed by atoms with van der Waals surface area (Å²) in [4.78, 5) is 35.7. The van der Waals surface area contributed by atoms with Crippen LogP contribution in [0.25, 0.3) is 6.08 Å². The summed E-state index contributed by atoms with van der Waals surface area (Å²) in [5.74, 6) is -0.539. The largest absolute Gasteiger partial charge is 0.446 e. The van der Waals surface area contributed by atoms with Crippen molar-refractivity contribution < 1.29 is 19.2 Å². The molecule has 1 saturated heterocycles. The van der Waals surface area contributed by atoms with Gasteiger partial charge in [-0.05, 0) is 17.2 Å². The summed E-state index contributed by atoms with van der Waals surface area (Å²) in [6.07, 6.45) is 1.94. The van der Waals surface area contributed by atoms with E-state index in [0.29, 0.717) is 5.56 Å². The first-order valence-corrected chi connectivity index (χ1v) is 7.53. The molecule has 7 nitrogen and oxygen atoms in total. The van der Waals surface area contributed by atoms with Crippen molar-refractivity contribution in [2.75, 3.05) is 6.61 Å². The van der Waals surface area contributed by atoms with Crippen LogP contribution in [0.1, 0.15) is 17.2 Å². The van der Waals surface area contributed by atoms with E-state index in [9.17, 15) is 19.7 Å². The zero-order valence-electron chi connectivity index (χ0n) is 13.1. The molecule has 1 aliphatic rings. The van der Waals surface area contributed by atoms with Crippen molar-refractivity contribution in [1.29, 1.82) is 0 Å². The van der Waals surface area contributed by atoms with Crippen molar-refractivity contribution in [1.82, 2.24) is 4.90 Å². The van der Waals surface area contributed by atoms with Gasteiger partial charge in [0.25, 0.3) is 11.6 Å². The fourth-order valence-corrected chi connectivity index (χ4v) is 2.58. The maximum absolute atomic E-state index is 12.4. The Hall–Kier alpha value is -3.48. The lowest BCUT2D eigenvalue weighted by Gasteiger charge is -2.18. The molecule has 1 fully saturated rings. The Morgan fingerprint density at radius 2 is 1.96 bits per heavy atom. The fraction of sp³-hybridized carbons (Fsp3) is 0.111. The number of hydrogen-bond donors (Lipinski definition) is 0. The normalized spacial score (nSPS) is 16.9. The van der Waals surface area contributed by atoms with Gasteiger partial charge in [-0.3, -0.25) is 14.9 Å². The fourth-order valence-electron chi connectivity index (χ4n) is 2.58. The second-order valence-electron chi connectivity index (χ2n) is 5.40. The molecule has 1 unspecified atom stereocenters. The molecule has 2 aromatic rings. The number of carbonyl (C=O) groups excluding carboxylic acids is 2. The van der Waals surface area contributed by atoms with Crippen LogP contribution in [0.15, 0.2) is 60.7 Å². The molecule has 0 spiro atoms. The molecule has 0 bridgehead atoms. The van der Waals surface area contributed by atoms with Gasteiger partial charge in [-0.2, -0.15) is 0 Å². The number of imide groups is 1. The first-order valence-electron chi connectivity index (χ1n) is 7.53. The highest BCUT2D eigenvalue weighted by Crippen LogP contribution is 2.28. The van der Waals surface area contributed by atoms with E-state index in [0.717, 1.165) is 10.5 Å². The molecule has 1 heterocycles. The number of nitro groups is 1.